The van der Waals surface area contributed by atoms with Crippen molar-refractivity contribution in [1.29, 1.82) is 0 Å². The lowest BCUT2D eigenvalue weighted by Crippen LogP contribution is -2.37. The van der Waals surface area contributed by atoms with Crippen LogP contribution >= 0.6 is 15.9 Å². The van der Waals surface area contributed by atoms with E-state index in [1.54, 1.807) is 0 Å². The number of halogens is 1. The first-order chi connectivity index (χ1) is 13.5. The Labute approximate surface area is 173 Å². The highest BCUT2D eigenvalue weighted by atomic mass is 79.9. The molecule has 28 heavy (non-hydrogen) atoms. The number of ether oxygens (including phenoxy) is 1. The van der Waals surface area contributed by atoms with Crippen molar-refractivity contribution in [2.45, 2.75) is 39.3 Å². The summed E-state index contributed by atoms with van der Waals surface area (Å²) in [5.41, 5.74) is 4.81. The first kappa shape index (κ1) is 19.2. The van der Waals surface area contributed by atoms with Gasteiger partial charge in [-0.05, 0) is 62.1 Å². The van der Waals surface area contributed by atoms with Crippen molar-refractivity contribution < 1.29 is 9.53 Å². The van der Waals surface area contributed by atoms with Gasteiger partial charge in [0.25, 0.3) is 5.91 Å². The average molecular weight is 442 g/mol. The molecule has 1 amide bonds. The van der Waals surface area contributed by atoms with Crippen LogP contribution in [0.25, 0.3) is 10.9 Å². The molecule has 0 bridgehead atoms. The molecule has 0 aliphatic carbocycles. The summed E-state index contributed by atoms with van der Waals surface area (Å²) >= 11 is 3.65. The highest BCUT2D eigenvalue weighted by Crippen LogP contribution is 2.24. The number of carbonyl (C=O) groups excluding carboxylic acids is 1. The number of hydrogen-bond donors (Lipinski definition) is 1. The Morgan fingerprint density at radius 3 is 2.89 bits per heavy atom. The zero-order chi connectivity index (χ0) is 19.7. The number of H-pyrrole nitrogens is 1. The number of carbonyl (C=O) groups is 1. The van der Waals surface area contributed by atoms with Crippen LogP contribution in [0.15, 0.2) is 40.9 Å². The van der Waals surface area contributed by atoms with E-state index in [0.717, 1.165) is 46.1 Å². The zero-order valence-electron chi connectivity index (χ0n) is 16.2. The minimum atomic E-state index is 0.0190. The highest BCUT2D eigenvalue weighted by molar-refractivity contribution is 9.10. The quantitative estimate of drug-likeness (QED) is 0.620. The topological polar surface area (TPSA) is 58.2 Å². The average Bonchev–Trinajstić information content (AvgIpc) is 3.32. The number of amides is 1. The maximum atomic E-state index is 13.4. The lowest BCUT2D eigenvalue weighted by molar-refractivity contribution is 0.0507. The maximum absolute atomic E-state index is 13.4. The van der Waals surface area contributed by atoms with Gasteiger partial charge in [0.15, 0.2) is 0 Å². The van der Waals surface area contributed by atoms with E-state index >= 15 is 0 Å². The number of fused-ring (bicyclic) bond motifs is 1. The number of aryl methyl sites for hydroxylation is 2. The fraction of sp³-hybridized carbons (Fsp3) is 0.364. The summed E-state index contributed by atoms with van der Waals surface area (Å²) in [4.78, 5) is 15.3. The second-order valence-corrected chi connectivity index (χ2v) is 8.35. The second-order valence-electron chi connectivity index (χ2n) is 7.50. The maximum Gasteiger partial charge on any atom is 0.254 e. The van der Waals surface area contributed by atoms with Gasteiger partial charge in [-0.15, -0.1) is 0 Å². The van der Waals surface area contributed by atoms with E-state index in [1.807, 2.05) is 30.0 Å². The third-order valence-corrected chi connectivity index (χ3v) is 6.03. The fourth-order valence-electron chi connectivity index (χ4n) is 3.69. The van der Waals surface area contributed by atoms with Crippen LogP contribution in [0, 0.1) is 13.8 Å². The second kappa shape index (κ2) is 8.05. The van der Waals surface area contributed by atoms with E-state index in [0.29, 0.717) is 18.7 Å². The SMILES string of the molecule is Cc1ccc(CN(CC2CCCO2)C(=O)c2ccc3n[nH]c(C)c3c2)c(Br)c1. The molecule has 1 fully saturated rings. The monoisotopic (exact) mass is 441 g/mol. The number of rotatable bonds is 5. The molecule has 1 aliphatic heterocycles. The van der Waals surface area contributed by atoms with Gasteiger partial charge in [-0.25, -0.2) is 0 Å². The van der Waals surface area contributed by atoms with Crippen LogP contribution in [0.3, 0.4) is 0 Å². The molecular formula is C22H24BrN3O2. The van der Waals surface area contributed by atoms with Gasteiger partial charge >= 0.3 is 0 Å². The summed E-state index contributed by atoms with van der Waals surface area (Å²) in [7, 11) is 0. The lowest BCUT2D eigenvalue weighted by Gasteiger charge is -2.26. The Hall–Kier alpha value is -2.18. The summed E-state index contributed by atoms with van der Waals surface area (Å²) in [6, 6.07) is 11.9. The van der Waals surface area contributed by atoms with Gasteiger partial charge in [0.1, 0.15) is 0 Å². The van der Waals surface area contributed by atoms with Crippen molar-refractivity contribution in [2.24, 2.45) is 0 Å². The third kappa shape index (κ3) is 3.98. The largest absolute Gasteiger partial charge is 0.376 e. The molecule has 1 atom stereocenters. The summed E-state index contributed by atoms with van der Waals surface area (Å²) < 4.78 is 6.84. The lowest BCUT2D eigenvalue weighted by atomic mass is 10.1. The van der Waals surface area contributed by atoms with Gasteiger partial charge in [-0.1, -0.05) is 28.1 Å². The Morgan fingerprint density at radius 1 is 1.29 bits per heavy atom. The van der Waals surface area contributed by atoms with Crippen LogP contribution in [0.5, 0.6) is 0 Å². The van der Waals surface area contributed by atoms with Crippen LogP contribution in [-0.4, -0.2) is 40.3 Å². The molecule has 1 saturated heterocycles. The minimum Gasteiger partial charge on any atom is -0.376 e. The van der Waals surface area contributed by atoms with Crippen molar-refractivity contribution in [3.8, 4) is 0 Å². The molecule has 1 aliphatic rings. The van der Waals surface area contributed by atoms with Crippen molar-refractivity contribution in [1.82, 2.24) is 15.1 Å². The van der Waals surface area contributed by atoms with E-state index < -0.39 is 0 Å². The van der Waals surface area contributed by atoms with Crippen molar-refractivity contribution in [3.63, 3.8) is 0 Å². The predicted molar refractivity (Wildman–Crippen MR) is 113 cm³/mol. The summed E-state index contributed by atoms with van der Waals surface area (Å²) in [5.74, 6) is 0.0190. The molecule has 1 N–H and O–H groups in total. The smallest absolute Gasteiger partial charge is 0.254 e. The summed E-state index contributed by atoms with van der Waals surface area (Å²) in [6.07, 6.45) is 2.16. The number of hydrogen-bond acceptors (Lipinski definition) is 3. The molecule has 0 saturated carbocycles. The van der Waals surface area contributed by atoms with Gasteiger partial charge < -0.3 is 9.64 Å². The van der Waals surface area contributed by atoms with Crippen molar-refractivity contribution in [2.75, 3.05) is 13.2 Å². The standard InChI is InChI=1S/C22H24BrN3O2/c1-14-5-6-17(20(23)10-14)12-26(13-18-4-3-9-28-18)22(27)16-7-8-21-19(11-16)15(2)24-25-21/h5-8,10-11,18H,3-4,9,12-13H2,1-2H3,(H,24,25). The molecule has 1 aromatic heterocycles. The third-order valence-electron chi connectivity index (χ3n) is 5.30. The minimum absolute atomic E-state index is 0.0190. The molecule has 4 rings (SSSR count). The normalized spacial score (nSPS) is 16.6. The Balaban J connectivity index is 1.64. The predicted octanol–water partition coefficient (Wildman–Crippen LogP) is 4.76. The first-order valence-corrected chi connectivity index (χ1v) is 10.4. The molecule has 2 aromatic carbocycles. The van der Waals surface area contributed by atoms with Gasteiger partial charge in [0.05, 0.1) is 11.6 Å². The molecular weight excluding hydrogens is 418 g/mol. The van der Waals surface area contributed by atoms with Crippen molar-refractivity contribution >= 4 is 32.7 Å². The summed E-state index contributed by atoms with van der Waals surface area (Å²) in [6.45, 7) is 5.95. The Bertz CT molecular complexity index is 1010. The Morgan fingerprint density at radius 2 is 2.14 bits per heavy atom. The number of nitrogens with zero attached hydrogens (tertiary/aromatic N) is 2. The van der Waals surface area contributed by atoms with Crippen LogP contribution in [0.4, 0.5) is 0 Å². The van der Waals surface area contributed by atoms with E-state index in [9.17, 15) is 4.79 Å². The fourth-order valence-corrected chi connectivity index (χ4v) is 4.31. The van der Waals surface area contributed by atoms with E-state index in [4.69, 9.17) is 4.74 Å². The van der Waals surface area contributed by atoms with Crippen LogP contribution in [0.1, 0.15) is 40.0 Å². The molecule has 0 radical (unpaired) electrons. The van der Waals surface area contributed by atoms with E-state index in [2.05, 4.69) is 51.3 Å². The van der Waals surface area contributed by atoms with Gasteiger partial charge in [0, 0.05) is 40.8 Å². The molecule has 146 valence electrons. The number of aromatic nitrogens is 2. The molecule has 6 heteroatoms. The zero-order valence-corrected chi connectivity index (χ0v) is 17.8. The van der Waals surface area contributed by atoms with Crippen LogP contribution in [-0.2, 0) is 11.3 Å². The van der Waals surface area contributed by atoms with E-state index in [1.165, 1.54) is 5.56 Å². The number of nitrogens with one attached hydrogen (secondary N) is 1. The number of aromatic amines is 1. The summed E-state index contributed by atoms with van der Waals surface area (Å²) in [5, 5.41) is 8.23. The first-order valence-electron chi connectivity index (χ1n) is 9.62. The van der Waals surface area contributed by atoms with Crippen LogP contribution in [0.2, 0.25) is 0 Å². The molecule has 2 heterocycles. The van der Waals surface area contributed by atoms with Crippen LogP contribution < -0.4 is 0 Å². The van der Waals surface area contributed by atoms with Gasteiger partial charge in [-0.3, -0.25) is 9.89 Å². The molecule has 3 aromatic rings. The highest BCUT2D eigenvalue weighted by Gasteiger charge is 2.24. The molecule has 0 spiro atoms. The molecule has 5 nitrogen and oxygen atoms in total. The number of benzene rings is 2. The molecule has 1 unspecified atom stereocenters. The Kier molecular flexibility index (Phi) is 5.51. The van der Waals surface area contributed by atoms with Gasteiger partial charge in [-0.2, -0.15) is 5.10 Å². The van der Waals surface area contributed by atoms with E-state index in [-0.39, 0.29) is 12.0 Å². The van der Waals surface area contributed by atoms with Gasteiger partial charge in [0.2, 0.25) is 0 Å². The van der Waals surface area contributed by atoms with Crippen molar-refractivity contribution in [3.05, 3.63) is 63.3 Å².